The van der Waals surface area contributed by atoms with Crippen LogP contribution in [0.4, 0.5) is 5.69 Å². The van der Waals surface area contributed by atoms with Gasteiger partial charge in [0.1, 0.15) is 0 Å². The van der Waals surface area contributed by atoms with Crippen LogP contribution < -0.4 is 5.32 Å². The number of amides is 1. The first-order chi connectivity index (χ1) is 7.63. The molecule has 0 saturated carbocycles. The second-order valence-corrected chi connectivity index (χ2v) is 4.77. The number of halogens is 2. The topological polar surface area (TPSA) is 29.1 Å². The van der Waals surface area contributed by atoms with Gasteiger partial charge in [-0.15, -0.1) is 0 Å². The molecule has 0 radical (unpaired) electrons. The Balaban J connectivity index is 2.73. The van der Waals surface area contributed by atoms with Crippen LogP contribution >= 0.6 is 31.9 Å². The van der Waals surface area contributed by atoms with E-state index < -0.39 is 0 Å². The molecule has 1 aromatic rings. The summed E-state index contributed by atoms with van der Waals surface area (Å²) in [6, 6.07) is 5.61. The standard InChI is InChI=1S/C12H11Br2NO/c1-2-3-4-5-12(16)15-11-8-9(13)6-7-10(11)14/h2-8H,1H3,(H,15,16)/b3-2+,5-4+. The lowest BCUT2D eigenvalue weighted by atomic mass is 10.3. The van der Waals surface area contributed by atoms with E-state index in [4.69, 9.17) is 0 Å². The summed E-state index contributed by atoms with van der Waals surface area (Å²) in [4.78, 5) is 11.5. The van der Waals surface area contributed by atoms with Gasteiger partial charge >= 0.3 is 0 Å². The monoisotopic (exact) mass is 343 g/mol. The number of anilines is 1. The van der Waals surface area contributed by atoms with Crippen molar-refractivity contribution in [3.63, 3.8) is 0 Å². The van der Waals surface area contributed by atoms with Crippen LogP contribution in [0.2, 0.25) is 0 Å². The minimum absolute atomic E-state index is 0.156. The number of carbonyl (C=O) groups is 1. The first-order valence-corrected chi connectivity index (χ1v) is 6.27. The molecule has 1 amide bonds. The van der Waals surface area contributed by atoms with Gasteiger partial charge in [-0.3, -0.25) is 4.79 Å². The smallest absolute Gasteiger partial charge is 0.248 e. The van der Waals surface area contributed by atoms with Crippen molar-refractivity contribution >= 4 is 43.5 Å². The number of carbonyl (C=O) groups excluding carboxylic acids is 1. The van der Waals surface area contributed by atoms with Gasteiger partial charge in [-0.25, -0.2) is 0 Å². The van der Waals surface area contributed by atoms with Crippen LogP contribution in [0, 0.1) is 0 Å². The van der Waals surface area contributed by atoms with Crippen molar-refractivity contribution in [3.05, 3.63) is 51.4 Å². The summed E-state index contributed by atoms with van der Waals surface area (Å²) in [5.41, 5.74) is 0.740. The highest BCUT2D eigenvalue weighted by atomic mass is 79.9. The van der Waals surface area contributed by atoms with Crippen LogP contribution in [0.3, 0.4) is 0 Å². The number of rotatable bonds is 3. The highest BCUT2D eigenvalue weighted by molar-refractivity contribution is 9.11. The molecule has 0 saturated heterocycles. The average molecular weight is 345 g/mol. The zero-order chi connectivity index (χ0) is 12.0. The fourth-order valence-electron chi connectivity index (χ4n) is 1.02. The minimum Gasteiger partial charge on any atom is -0.321 e. The summed E-state index contributed by atoms with van der Waals surface area (Å²) in [6.07, 6.45) is 6.84. The molecule has 0 spiro atoms. The second-order valence-electron chi connectivity index (χ2n) is 3.00. The molecule has 16 heavy (non-hydrogen) atoms. The lowest BCUT2D eigenvalue weighted by Gasteiger charge is -2.05. The number of hydrogen-bond acceptors (Lipinski definition) is 1. The van der Waals surface area contributed by atoms with Gasteiger partial charge in [0.05, 0.1) is 5.69 Å². The van der Waals surface area contributed by atoms with Crippen LogP contribution in [-0.2, 0) is 4.79 Å². The molecule has 2 nitrogen and oxygen atoms in total. The van der Waals surface area contributed by atoms with Gasteiger partial charge in [0, 0.05) is 15.0 Å². The summed E-state index contributed by atoms with van der Waals surface area (Å²) in [7, 11) is 0. The average Bonchev–Trinajstić information content (AvgIpc) is 2.24. The normalized spacial score (nSPS) is 11.2. The maximum absolute atomic E-state index is 11.5. The molecule has 0 aromatic heterocycles. The number of nitrogens with one attached hydrogen (secondary N) is 1. The van der Waals surface area contributed by atoms with Crippen molar-refractivity contribution < 1.29 is 4.79 Å². The van der Waals surface area contributed by atoms with E-state index in [2.05, 4.69) is 37.2 Å². The van der Waals surface area contributed by atoms with E-state index in [1.165, 1.54) is 6.08 Å². The van der Waals surface area contributed by atoms with Crippen molar-refractivity contribution in [2.45, 2.75) is 6.92 Å². The first-order valence-electron chi connectivity index (χ1n) is 4.69. The van der Waals surface area contributed by atoms with Crippen molar-refractivity contribution in [2.75, 3.05) is 5.32 Å². The molecule has 84 valence electrons. The molecule has 4 heteroatoms. The molecule has 0 aliphatic carbocycles. The Hall–Kier alpha value is -0.870. The number of hydrogen-bond donors (Lipinski definition) is 1. The third-order valence-electron chi connectivity index (χ3n) is 1.74. The van der Waals surface area contributed by atoms with Gasteiger partial charge in [-0.2, -0.15) is 0 Å². The van der Waals surface area contributed by atoms with Crippen molar-refractivity contribution in [3.8, 4) is 0 Å². The van der Waals surface area contributed by atoms with E-state index in [1.807, 2.05) is 31.2 Å². The van der Waals surface area contributed by atoms with Gasteiger partial charge < -0.3 is 5.32 Å². The summed E-state index contributed by atoms with van der Waals surface area (Å²) < 4.78 is 1.77. The Labute approximate surface area is 112 Å². The third kappa shape index (κ3) is 4.33. The van der Waals surface area contributed by atoms with Crippen molar-refractivity contribution in [2.24, 2.45) is 0 Å². The number of allylic oxidation sites excluding steroid dienone is 3. The summed E-state index contributed by atoms with van der Waals surface area (Å²) in [5, 5.41) is 2.77. The maximum Gasteiger partial charge on any atom is 0.248 e. The fourth-order valence-corrected chi connectivity index (χ4v) is 1.73. The molecular weight excluding hydrogens is 334 g/mol. The Morgan fingerprint density at radius 1 is 1.31 bits per heavy atom. The Morgan fingerprint density at radius 2 is 2.06 bits per heavy atom. The van der Waals surface area contributed by atoms with Crippen LogP contribution in [0.1, 0.15) is 6.92 Å². The molecule has 1 N–H and O–H groups in total. The summed E-state index contributed by atoms with van der Waals surface area (Å²) in [6.45, 7) is 1.90. The minimum atomic E-state index is -0.156. The number of benzene rings is 1. The second kappa shape index (κ2) is 6.66. The Bertz CT molecular complexity index is 439. The zero-order valence-electron chi connectivity index (χ0n) is 8.71. The van der Waals surface area contributed by atoms with E-state index in [0.29, 0.717) is 0 Å². The molecule has 1 rings (SSSR count). The lowest BCUT2D eigenvalue weighted by Crippen LogP contribution is -2.08. The van der Waals surface area contributed by atoms with Crippen molar-refractivity contribution in [1.82, 2.24) is 0 Å². The van der Waals surface area contributed by atoms with E-state index >= 15 is 0 Å². The molecule has 1 aromatic carbocycles. The molecule has 0 aliphatic rings. The van der Waals surface area contributed by atoms with E-state index in [-0.39, 0.29) is 5.91 Å². The lowest BCUT2D eigenvalue weighted by molar-refractivity contribution is -0.111. The van der Waals surface area contributed by atoms with Gasteiger partial charge in [-0.05, 0) is 41.1 Å². The van der Waals surface area contributed by atoms with Gasteiger partial charge in [0.2, 0.25) is 5.91 Å². The predicted octanol–water partition coefficient (Wildman–Crippen LogP) is 4.28. The molecule has 0 aliphatic heterocycles. The van der Waals surface area contributed by atoms with Gasteiger partial charge in [0.25, 0.3) is 0 Å². The molecular formula is C12H11Br2NO. The largest absolute Gasteiger partial charge is 0.321 e. The Kier molecular flexibility index (Phi) is 5.49. The van der Waals surface area contributed by atoms with Gasteiger partial charge in [0.15, 0.2) is 0 Å². The van der Waals surface area contributed by atoms with Crippen LogP contribution in [0.5, 0.6) is 0 Å². The molecule has 0 atom stereocenters. The fraction of sp³-hybridized carbons (Fsp3) is 0.0833. The van der Waals surface area contributed by atoms with Gasteiger partial charge in [-0.1, -0.05) is 34.2 Å². The molecule has 0 bridgehead atoms. The quantitative estimate of drug-likeness (QED) is 0.643. The maximum atomic E-state index is 11.5. The molecule has 0 heterocycles. The highest BCUT2D eigenvalue weighted by Crippen LogP contribution is 2.26. The molecule has 0 unspecified atom stereocenters. The Morgan fingerprint density at radius 3 is 2.75 bits per heavy atom. The van der Waals surface area contributed by atoms with Crippen LogP contribution in [0.25, 0.3) is 0 Å². The SMILES string of the molecule is C/C=C/C=C/C(=O)Nc1cc(Br)ccc1Br. The summed E-state index contributed by atoms with van der Waals surface area (Å²) >= 11 is 6.72. The van der Waals surface area contributed by atoms with Crippen LogP contribution in [-0.4, -0.2) is 5.91 Å². The van der Waals surface area contributed by atoms with E-state index in [0.717, 1.165) is 14.6 Å². The zero-order valence-corrected chi connectivity index (χ0v) is 11.9. The van der Waals surface area contributed by atoms with Crippen molar-refractivity contribution in [1.29, 1.82) is 0 Å². The summed E-state index contributed by atoms with van der Waals surface area (Å²) in [5.74, 6) is -0.156. The van der Waals surface area contributed by atoms with E-state index in [9.17, 15) is 4.79 Å². The predicted molar refractivity (Wildman–Crippen MR) is 74.4 cm³/mol. The third-order valence-corrected chi connectivity index (χ3v) is 2.92. The van der Waals surface area contributed by atoms with E-state index in [1.54, 1.807) is 12.2 Å². The molecule has 0 fully saturated rings. The van der Waals surface area contributed by atoms with Crippen LogP contribution in [0.15, 0.2) is 51.4 Å². The first kappa shape index (κ1) is 13.2. The highest BCUT2D eigenvalue weighted by Gasteiger charge is 2.02.